The Morgan fingerprint density at radius 3 is 2.77 bits per heavy atom. The third-order valence-corrected chi connectivity index (χ3v) is 5.77. The second-order valence-corrected chi connectivity index (χ2v) is 7.64. The minimum Gasteiger partial charge on any atom is -0.454 e. The number of nitriles is 1. The molecule has 1 unspecified atom stereocenters. The number of nitrogens with one attached hydrogen (secondary N) is 1. The fraction of sp³-hybridized carbons (Fsp3) is 0.556. The molecule has 0 aromatic carbocycles. The fourth-order valence-electron chi connectivity index (χ4n) is 3.58. The van der Waals surface area contributed by atoms with Gasteiger partial charge in [0.2, 0.25) is 0 Å². The lowest BCUT2D eigenvalue weighted by Crippen LogP contribution is -2.47. The van der Waals surface area contributed by atoms with E-state index < -0.39 is 30.1 Å². The van der Waals surface area contributed by atoms with Gasteiger partial charge in [-0.25, -0.2) is 4.79 Å². The van der Waals surface area contributed by atoms with Crippen LogP contribution in [0.15, 0.2) is 17.5 Å². The first-order valence-electron chi connectivity index (χ1n) is 8.78. The molecule has 1 aromatic rings. The summed E-state index contributed by atoms with van der Waals surface area (Å²) >= 11 is 1.33. The van der Waals surface area contributed by atoms with Gasteiger partial charge < -0.3 is 15.0 Å². The van der Waals surface area contributed by atoms with E-state index in [0.717, 1.165) is 19.3 Å². The van der Waals surface area contributed by atoms with Crippen LogP contribution in [0, 0.1) is 11.3 Å². The molecule has 8 heteroatoms. The number of likely N-dealkylation sites (tertiary alicyclic amines) is 1. The van der Waals surface area contributed by atoms with Crippen molar-refractivity contribution in [3.05, 3.63) is 22.4 Å². The van der Waals surface area contributed by atoms with Gasteiger partial charge in [-0.15, -0.1) is 11.3 Å². The number of carbonyl (C=O) groups excluding carboxylic acids is 3. The van der Waals surface area contributed by atoms with E-state index in [1.807, 2.05) is 5.38 Å². The van der Waals surface area contributed by atoms with Gasteiger partial charge in [-0.1, -0.05) is 6.07 Å². The van der Waals surface area contributed by atoms with Crippen molar-refractivity contribution in [1.29, 1.82) is 5.26 Å². The average Bonchev–Trinajstić information content (AvgIpc) is 3.40. The molecule has 2 aliphatic rings. The monoisotopic (exact) mass is 375 g/mol. The maximum atomic E-state index is 12.5. The van der Waals surface area contributed by atoms with Gasteiger partial charge in [0, 0.05) is 6.54 Å². The molecule has 1 atom stereocenters. The predicted molar refractivity (Wildman–Crippen MR) is 94.3 cm³/mol. The molecule has 1 saturated carbocycles. The summed E-state index contributed by atoms with van der Waals surface area (Å²) in [6.07, 6.45) is 4.29. The van der Waals surface area contributed by atoms with Crippen molar-refractivity contribution in [3.8, 4) is 6.07 Å². The topological polar surface area (TPSA) is 99.5 Å². The van der Waals surface area contributed by atoms with Crippen LogP contribution in [-0.2, 0) is 14.3 Å². The molecule has 1 aromatic heterocycles. The van der Waals surface area contributed by atoms with Gasteiger partial charge in [-0.05, 0) is 50.0 Å². The number of thiophene rings is 1. The van der Waals surface area contributed by atoms with Crippen LogP contribution in [0.4, 0.5) is 0 Å². The zero-order valence-electron chi connectivity index (χ0n) is 14.4. The molecule has 26 heavy (non-hydrogen) atoms. The predicted octanol–water partition coefficient (Wildman–Crippen LogP) is 1.85. The van der Waals surface area contributed by atoms with Crippen LogP contribution in [0.2, 0.25) is 0 Å². The Bertz CT molecular complexity index is 719. The number of hydrogen-bond acceptors (Lipinski definition) is 6. The van der Waals surface area contributed by atoms with E-state index in [1.54, 1.807) is 12.1 Å². The molecular formula is C18H21N3O4S. The summed E-state index contributed by atoms with van der Waals surface area (Å²) in [5, 5.41) is 13.8. The lowest BCUT2D eigenvalue weighted by Gasteiger charge is -2.24. The fourth-order valence-corrected chi connectivity index (χ4v) is 4.25. The van der Waals surface area contributed by atoms with Gasteiger partial charge in [-0.2, -0.15) is 5.26 Å². The Balaban J connectivity index is 1.53. The maximum absolute atomic E-state index is 12.5. The number of rotatable bonds is 5. The van der Waals surface area contributed by atoms with Crippen molar-refractivity contribution in [1.82, 2.24) is 10.2 Å². The SMILES string of the molecule is N#CC1(NC(=O)COC(=O)C2CCCN2C(=O)c2cccs2)CCCC1. The summed E-state index contributed by atoms with van der Waals surface area (Å²) in [6.45, 7) is 0.0695. The second-order valence-electron chi connectivity index (χ2n) is 6.69. The van der Waals surface area contributed by atoms with E-state index >= 15 is 0 Å². The smallest absolute Gasteiger partial charge is 0.329 e. The van der Waals surface area contributed by atoms with Crippen molar-refractivity contribution in [2.24, 2.45) is 0 Å². The van der Waals surface area contributed by atoms with E-state index in [1.165, 1.54) is 16.2 Å². The summed E-state index contributed by atoms with van der Waals surface area (Å²) < 4.78 is 5.13. The number of hydrogen-bond donors (Lipinski definition) is 1. The molecule has 2 heterocycles. The third-order valence-electron chi connectivity index (χ3n) is 4.91. The first-order chi connectivity index (χ1) is 12.5. The summed E-state index contributed by atoms with van der Waals surface area (Å²) in [5.74, 6) is -1.23. The van der Waals surface area contributed by atoms with E-state index in [0.29, 0.717) is 30.7 Å². The van der Waals surface area contributed by atoms with E-state index in [4.69, 9.17) is 4.74 Å². The molecule has 0 spiro atoms. The van der Waals surface area contributed by atoms with Crippen molar-refractivity contribution >= 4 is 29.1 Å². The molecule has 7 nitrogen and oxygen atoms in total. The van der Waals surface area contributed by atoms with Crippen LogP contribution >= 0.6 is 11.3 Å². The Morgan fingerprint density at radius 2 is 2.12 bits per heavy atom. The third kappa shape index (κ3) is 3.88. The first-order valence-corrected chi connectivity index (χ1v) is 9.66. The minimum atomic E-state index is -0.835. The largest absolute Gasteiger partial charge is 0.454 e. The normalized spacial score (nSPS) is 21.2. The molecule has 1 saturated heterocycles. The first kappa shape index (κ1) is 18.4. The average molecular weight is 375 g/mol. The Kier molecular flexibility index (Phi) is 5.57. The lowest BCUT2D eigenvalue weighted by atomic mass is 10.00. The van der Waals surface area contributed by atoms with E-state index in [2.05, 4.69) is 11.4 Å². The molecule has 2 amide bonds. The van der Waals surface area contributed by atoms with Crippen molar-refractivity contribution in [2.45, 2.75) is 50.1 Å². The molecule has 3 rings (SSSR count). The molecule has 0 bridgehead atoms. The Hall–Kier alpha value is -2.40. The number of ether oxygens (including phenoxy) is 1. The highest BCUT2D eigenvalue weighted by Gasteiger charge is 2.38. The van der Waals surface area contributed by atoms with Crippen LogP contribution < -0.4 is 5.32 Å². The van der Waals surface area contributed by atoms with Gasteiger partial charge in [0.25, 0.3) is 11.8 Å². The van der Waals surface area contributed by atoms with Crippen molar-refractivity contribution in [2.75, 3.05) is 13.2 Å². The lowest BCUT2D eigenvalue weighted by molar-refractivity contribution is -0.152. The summed E-state index contributed by atoms with van der Waals surface area (Å²) in [7, 11) is 0. The maximum Gasteiger partial charge on any atom is 0.329 e. The van der Waals surface area contributed by atoms with Crippen LogP contribution in [0.5, 0.6) is 0 Å². The van der Waals surface area contributed by atoms with Gasteiger partial charge in [-0.3, -0.25) is 9.59 Å². The summed E-state index contributed by atoms with van der Waals surface area (Å²) in [5.41, 5.74) is -0.835. The highest BCUT2D eigenvalue weighted by Crippen LogP contribution is 2.28. The number of esters is 1. The standard InChI is InChI=1S/C18H21N3O4S/c19-12-18(7-1-2-8-18)20-15(22)11-25-17(24)13-5-3-9-21(13)16(23)14-6-4-10-26-14/h4,6,10,13H,1-3,5,7-9,11H2,(H,20,22). The minimum absolute atomic E-state index is 0.182. The van der Waals surface area contributed by atoms with Crippen molar-refractivity contribution in [3.63, 3.8) is 0 Å². The zero-order valence-corrected chi connectivity index (χ0v) is 15.2. The molecule has 138 valence electrons. The molecule has 1 N–H and O–H groups in total. The highest BCUT2D eigenvalue weighted by atomic mass is 32.1. The quantitative estimate of drug-likeness (QED) is 0.792. The van der Waals surface area contributed by atoms with Crippen molar-refractivity contribution < 1.29 is 19.1 Å². The number of nitrogens with zero attached hydrogens (tertiary/aromatic N) is 2. The van der Waals surface area contributed by atoms with Crippen LogP contribution in [-0.4, -0.2) is 47.4 Å². The molecule has 0 radical (unpaired) electrons. The molecule has 2 fully saturated rings. The van der Waals surface area contributed by atoms with Crippen LogP contribution in [0.3, 0.4) is 0 Å². The van der Waals surface area contributed by atoms with E-state index in [9.17, 15) is 19.6 Å². The van der Waals surface area contributed by atoms with Gasteiger partial charge >= 0.3 is 5.97 Å². The van der Waals surface area contributed by atoms with Gasteiger partial charge in [0.1, 0.15) is 11.6 Å². The summed E-state index contributed by atoms with van der Waals surface area (Å²) in [6, 6.07) is 5.02. The van der Waals surface area contributed by atoms with Crippen LogP contribution in [0.1, 0.15) is 48.2 Å². The van der Waals surface area contributed by atoms with Crippen LogP contribution in [0.25, 0.3) is 0 Å². The molecule has 1 aliphatic carbocycles. The number of amides is 2. The zero-order chi connectivity index (χ0) is 18.6. The molecule has 1 aliphatic heterocycles. The van der Waals surface area contributed by atoms with E-state index in [-0.39, 0.29) is 5.91 Å². The van der Waals surface area contributed by atoms with Gasteiger partial charge in [0.15, 0.2) is 6.61 Å². The Labute approximate surface area is 155 Å². The highest BCUT2D eigenvalue weighted by molar-refractivity contribution is 7.12. The second kappa shape index (κ2) is 7.87. The Morgan fingerprint density at radius 1 is 1.35 bits per heavy atom. The molecular weight excluding hydrogens is 354 g/mol. The van der Waals surface area contributed by atoms with Gasteiger partial charge in [0.05, 0.1) is 10.9 Å². The summed E-state index contributed by atoms with van der Waals surface area (Å²) in [4.78, 5) is 39.0. The number of carbonyl (C=O) groups is 3.